The first-order valence-electron chi connectivity index (χ1n) is 8.21. The summed E-state index contributed by atoms with van der Waals surface area (Å²) in [4.78, 5) is 12.6. The quantitative estimate of drug-likeness (QED) is 0.896. The molecule has 1 N–H and O–H groups in total. The van der Waals surface area contributed by atoms with Gasteiger partial charge in [-0.05, 0) is 50.2 Å². The number of nitrogens with zero attached hydrogens (tertiary/aromatic N) is 1. The Kier molecular flexibility index (Phi) is 4.36. The van der Waals surface area contributed by atoms with Crippen molar-refractivity contribution < 1.29 is 13.2 Å². The minimum absolute atomic E-state index is 0.209. The molecule has 0 heterocycles. The third kappa shape index (κ3) is 3.37. The summed E-state index contributed by atoms with van der Waals surface area (Å²) in [6.45, 7) is 1.65. The molecule has 2 saturated carbocycles. The van der Waals surface area contributed by atoms with E-state index in [1.165, 1.54) is 23.6 Å². The fraction of sp³-hybridized carbons (Fsp3) is 0.588. The second-order valence-corrected chi connectivity index (χ2v) is 8.72. The van der Waals surface area contributed by atoms with Gasteiger partial charge in [0.05, 0.1) is 11.9 Å². The lowest BCUT2D eigenvalue weighted by molar-refractivity contribution is -0.122. The zero-order valence-electron chi connectivity index (χ0n) is 13.6. The highest BCUT2D eigenvalue weighted by molar-refractivity contribution is 7.92. The van der Waals surface area contributed by atoms with Crippen molar-refractivity contribution in [3.63, 3.8) is 0 Å². The second kappa shape index (κ2) is 6.15. The molecular formula is C17H24N2O3S. The highest BCUT2D eigenvalue weighted by Gasteiger charge is 2.41. The zero-order valence-corrected chi connectivity index (χ0v) is 14.4. The number of sulfonamides is 1. The van der Waals surface area contributed by atoms with E-state index in [-0.39, 0.29) is 11.9 Å². The molecule has 6 heteroatoms. The number of rotatable bonds is 5. The van der Waals surface area contributed by atoms with E-state index < -0.39 is 16.1 Å². The molecule has 1 aromatic rings. The molecule has 1 amide bonds. The van der Waals surface area contributed by atoms with Crippen molar-refractivity contribution in [1.82, 2.24) is 5.32 Å². The largest absolute Gasteiger partial charge is 0.351 e. The van der Waals surface area contributed by atoms with Crippen LogP contribution in [0.1, 0.15) is 32.6 Å². The van der Waals surface area contributed by atoms with Crippen LogP contribution < -0.4 is 9.62 Å². The minimum Gasteiger partial charge on any atom is -0.351 e. The van der Waals surface area contributed by atoms with Gasteiger partial charge >= 0.3 is 0 Å². The van der Waals surface area contributed by atoms with Crippen LogP contribution in [0.3, 0.4) is 0 Å². The Morgan fingerprint density at radius 2 is 1.91 bits per heavy atom. The highest BCUT2D eigenvalue weighted by Crippen LogP contribution is 2.44. The van der Waals surface area contributed by atoms with Gasteiger partial charge in [-0.3, -0.25) is 9.10 Å². The van der Waals surface area contributed by atoms with Crippen LogP contribution in [-0.4, -0.2) is 32.7 Å². The summed E-state index contributed by atoms with van der Waals surface area (Å²) in [5, 5.41) is 3.09. The van der Waals surface area contributed by atoms with Gasteiger partial charge in [0.15, 0.2) is 0 Å². The number of hydrogen-bond donors (Lipinski definition) is 1. The number of carbonyl (C=O) groups excluding carboxylic acids is 1. The van der Waals surface area contributed by atoms with Gasteiger partial charge in [0.1, 0.15) is 6.04 Å². The van der Waals surface area contributed by atoms with Gasteiger partial charge in [0, 0.05) is 6.04 Å². The van der Waals surface area contributed by atoms with E-state index in [2.05, 4.69) is 5.32 Å². The molecule has 0 radical (unpaired) electrons. The van der Waals surface area contributed by atoms with Gasteiger partial charge < -0.3 is 5.32 Å². The molecule has 23 heavy (non-hydrogen) atoms. The normalized spacial score (nSPS) is 27.7. The van der Waals surface area contributed by atoms with Crippen LogP contribution in [0, 0.1) is 11.8 Å². The Bertz CT molecular complexity index is 674. The van der Waals surface area contributed by atoms with E-state index in [1.807, 2.05) is 6.07 Å². The lowest BCUT2D eigenvalue weighted by Gasteiger charge is -2.30. The lowest BCUT2D eigenvalue weighted by atomic mass is 9.95. The number of carbonyl (C=O) groups is 1. The first kappa shape index (κ1) is 16.3. The van der Waals surface area contributed by atoms with Crippen molar-refractivity contribution in [3.8, 4) is 0 Å². The van der Waals surface area contributed by atoms with E-state index in [9.17, 15) is 13.2 Å². The maximum Gasteiger partial charge on any atom is 0.243 e. The Balaban J connectivity index is 1.75. The fourth-order valence-electron chi connectivity index (χ4n) is 4.11. The van der Waals surface area contributed by atoms with Crippen molar-refractivity contribution in [2.45, 2.75) is 44.7 Å². The molecule has 1 aromatic carbocycles. The summed E-state index contributed by atoms with van der Waals surface area (Å²) in [7, 11) is -3.53. The summed E-state index contributed by atoms with van der Waals surface area (Å²) in [5.74, 6) is 1.09. The smallest absolute Gasteiger partial charge is 0.243 e. The Hall–Kier alpha value is -1.56. The molecule has 0 aliphatic heterocycles. The second-order valence-electron chi connectivity index (χ2n) is 6.86. The third-order valence-corrected chi connectivity index (χ3v) is 6.41. The van der Waals surface area contributed by atoms with E-state index in [4.69, 9.17) is 0 Å². The van der Waals surface area contributed by atoms with Crippen molar-refractivity contribution >= 4 is 21.6 Å². The molecule has 2 aliphatic rings. The monoisotopic (exact) mass is 336 g/mol. The SMILES string of the molecule is C[C@@H](C(=O)N[C@H]1C[C@@H]2CC[C@H]1C2)N(c1ccccc1)S(C)(=O)=O. The summed E-state index contributed by atoms with van der Waals surface area (Å²) in [6.07, 6.45) is 5.83. The summed E-state index contributed by atoms with van der Waals surface area (Å²) in [6, 6.07) is 8.24. The number of fused-ring (bicyclic) bond motifs is 2. The average molecular weight is 336 g/mol. The molecule has 4 atom stereocenters. The van der Waals surface area contributed by atoms with E-state index in [1.54, 1.807) is 31.2 Å². The molecule has 126 valence electrons. The van der Waals surface area contributed by atoms with Gasteiger partial charge in [0.2, 0.25) is 15.9 Å². The molecule has 2 bridgehead atoms. The molecule has 3 rings (SSSR count). The van der Waals surface area contributed by atoms with Gasteiger partial charge in [-0.25, -0.2) is 8.42 Å². The number of hydrogen-bond acceptors (Lipinski definition) is 3. The predicted molar refractivity (Wildman–Crippen MR) is 90.6 cm³/mol. The standard InChI is InChI=1S/C17H24N2O3S/c1-12(17(20)18-16-11-13-8-9-14(16)10-13)19(23(2,21)22)15-6-4-3-5-7-15/h3-7,12-14,16H,8-11H2,1-2H3,(H,18,20)/t12-,13+,14-,16-/m0/s1. The van der Waals surface area contributed by atoms with Crippen LogP contribution in [0.15, 0.2) is 30.3 Å². The Morgan fingerprint density at radius 3 is 2.43 bits per heavy atom. The number of amides is 1. The molecule has 0 aromatic heterocycles. The van der Waals surface area contributed by atoms with Crippen LogP contribution in [0.25, 0.3) is 0 Å². The van der Waals surface area contributed by atoms with Gasteiger partial charge in [-0.2, -0.15) is 0 Å². The lowest BCUT2D eigenvalue weighted by Crippen LogP contribution is -2.51. The molecule has 0 unspecified atom stereocenters. The van der Waals surface area contributed by atoms with Crippen molar-refractivity contribution in [2.75, 3.05) is 10.6 Å². The molecule has 5 nitrogen and oxygen atoms in total. The zero-order chi connectivity index (χ0) is 16.6. The van der Waals surface area contributed by atoms with Gasteiger partial charge in [-0.1, -0.05) is 24.6 Å². The first-order valence-corrected chi connectivity index (χ1v) is 10.1. The van der Waals surface area contributed by atoms with E-state index >= 15 is 0 Å². The molecule has 2 aliphatic carbocycles. The summed E-state index contributed by atoms with van der Waals surface area (Å²) < 4.78 is 25.6. The number of nitrogens with one attached hydrogen (secondary N) is 1. The Labute approximate surface area is 138 Å². The van der Waals surface area contributed by atoms with Gasteiger partial charge in [-0.15, -0.1) is 0 Å². The maximum absolute atomic E-state index is 12.6. The van der Waals surface area contributed by atoms with Crippen LogP contribution in [0.5, 0.6) is 0 Å². The summed E-state index contributed by atoms with van der Waals surface area (Å²) in [5.41, 5.74) is 0.519. The highest BCUT2D eigenvalue weighted by atomic mass is 32.2. The van der Waals surface area contributed by atoms with Gasteiger partial charge in [0.25, 0.3) is 0 Å². The van der Waals surface area contributed by atoms with Crippen molar-refractivity contribution in [2.24, 2.45) is 11.8 Å². The predicted octanol–water partition coefficient (Wildman–Crippen LogP) is 2.15. The molecule has 0 spiro atoms. The van der Waals surface area contributed by atoms with Crippen LogP contribution in [-0.2, 0) is 14.8 Å². The topological polar surface area (TPSA) is 66.5 Å². The molecular weight excluding hydrogens is 312 g/mol. The number of benzene rings is 1. The van der Waals surface area contributed by atoms with E-state index in [0.29, 0.717) is 11.6 Å². The van der Waals surface area contributed by atoms with E-state index in [0.717, 1.165) is 18.6 Å². The average Bonchev–Trinajstić information content (AvgIpc) is 3.09. The van der Waals surface area contributed by atoms with Crippen molar-refractivity contribution in [3.05, 3.63) is 30.3 Å². The summed E-state index contributed by atoms with van der Waals surface area (Å²) >= 11 is 0. The number of para-hydroxylation sites is 1. The third-order valence-electron chi connectivity index (χ3n) is 5.16. The molecule has 0 saturated heterocycles. The van der Waals surface area contributed by atoms with Crippen molar-refractivity contribution in [1.29, 1.82) is 0 Å². The number of anilines is 1. The van der Waals surface area contributed by atoms with Crippen LogP contribution >= 0.6 is 0 Å². The minimum atomic E-state index is -3.53. The van der Waals surface area contributed by atoms with Crippen LogP contribution in [0.4, 0.5) is 5.69 Å². The van der Waals surface area contributed by atoms with Crippen LogP contribution in [0.2, 0.25) is 0 Å². The molecule has 2 fully saturated rings. The fourth-order valence-corrected chi connectivity index (χ4v) is 5.28. The first-order chi connectivity index (χ1) is 10.9. The maximum atomic E-state index is 12.6. The Morgan fingerprint density at radius 1 is 1.22 bits per heavy atom.